The molecule has 0 saturated carbocycles. The first-order valence-corrected chi connectivity index (χ1v) is 6.11. The predicted octanol–water partition coefficient (Wildman–Crippen LogP) is 3.36. The lowest BCUT2D eigenvalue weighted by atomic mass is 10.1. The molecular weight excluding hydrogens is 282 g/mol. The van der Waals surface area contributed by atoms with Crippen LogP contribution in [0.4, 0.5) is 11.5 Å². The summed E-state index contributed by atoms with van der Waals surface area (Å²) in [5.41, 5.74) is 0.962. The van der Waals surface area contributed by atoms with E-state index in [0.29, 0.717) is 27.8 Å². The van der Waals surface area contributed by atoms with Crippen LogP contribution in [0.2, 0.25) is 5.02 Å². The Morgan fingerprint density at radius 2 is 2.10 bits per heavy atom. The molecule has 0 aliphatic rings. The number of halogens is 1. The molecule has 1 heterocycles. The molecule has 0 unspecified atom stereocenters. The number of ether oxygens (including phenoxy) is 1. The van der Waals surface area contributed by atoms with Crippen molar-refractivity contribution in [3.05, 3.63) is 45.5 Å². The van der Waals surface area contributed by atoms with Crippen molar-refractivity contribution in [3.63, 3.8) is 0 Å². The Labute approximate surface area is 120 Å². The number of nitrogens with one attached hydrogen (secondary N) is 1. The smallest absolute Gasteiger partial charge is 0.275 e. The molecule has 2 aromatic rings. The number of aromatic nitrogens is 1. The third-order valence-electron chi connectivity index (χ3n) is 2.71. The number of rotatable bonds is 4. The monoisotopic (exact) mass is 293 g/mol. The summed E-state index contributed by atoms with van der Waals surface area (Å²) in [5.74, 6) is 0.945. The summed E-state index contributed by atoms with van der Waals surface area (Å²) in [6, 6.07) is 7.78. The highest BCUT2D eigenvalue weighted by atomic mass is 35.5. The van der Waals surface area contributed by atoms with Crippen molar-refractivity contribution in [2.24, 2.45) is 0 Å². The van der Waals surface area contributed by atoms with E-state index in [0.717, 1.165) is 0 Å². The number of anilines is 1. The Morgan fingerprint density at radius 3 is 2.70 bits per heavy atom. The van der Waals surface area contributed by atoms with Crippen molar-refractivity contribution in [3.8, 4) is 17.0 Å². The van der Waals surface area contributed by atoms with Gasteiger partial charge in [-0.05, 0) is 18.2 Å². The van der Waals surface area contributed by atoms with Gasteiger partial charge in [0.2, 0.25) is 0 Å². The van der Waals surface area contributed by atoms with Gasteiger partial charge in [0, 0.05) is 23.7 Å². The molecule has 7 heteroatoms. The van der Waals surface area contributed by atoms with E-state index in [1.165, 1.54) is 19.2 Å². The number of nitro groups is 1. The van der Waals surface area contributed by atoms with E-state index in [-0.39, 0.29) is 5.69 Å². The first kappa shape index (κ1) is 14.1. The van der Waals surface area contributed by atoms with Crippen molar-refractivity contribution < 1.29 is 9.66 Å². The molecule has 0 aliphatic carbocycles. The second kappa shape index (κ2) is 5.75. The Bertz CT molecular complexity index is 661. The molecule has 0 radical (unpaired) electrons. The van der Waals surface area contributed by atoms with Crippen molar-refractivity contribution in [1.29, 1.82) is 0 Å². The molecule has 1 N–H and O–H groups in total. The van der Waals surface area contributed by atoms with Gasteiger partial charge < -0.3 is 10.1 Å². The van der Waals surface area contributed by atoms with E-state index in [1.54, 1.807) is 25.2 Å². The van der Waals surface area contributed by atoms with E-state index in [2.05, 4.69) is 10.3 Å². The average Bonchev–Trinajstić information content (AvgIpc) is 2.46. The SMILES string of the molecule is CNc1cc([N+](=O)[O-])cc(-c2cc(Cl)ccc2OC)n1. The average molecular weight is 294 g/mol. The summed E-state index contributed by atoms with van der Waals surface area (Å²) < 4.78 is 5.24. The molecular formula is C13H12ClN3O3. The summed E-state index contributed by atoms with van der Waals surface area (Å²) in [5, 5.41) is 14.3. The number of hydrogen-bond donors (Lipinski definition) is 1. The normalized spacial score (nSPS) is 10.2. The molecule has 0 saturated heterocycles. The first-order valence-electron chi connectivity index (χ1n) is 5.73. The van der Waals surface area contributed by atoms with Crippen LogP contribution in [0.25, 0.3) is 11.3 Å². The van der Waals surface area contributed by atoms with Gasteiger partial charge in [-0.15, -0.1) is 0 Å². The predicted molar refractivity (Wildman–Crippen MR) is 77.4 cm³/mol. The topological polar surface area (TPSA) is 77.3 Å². The highest BCUT2D eigenvalue weighted by Gasteiger charge is 2.15. The fourth-order valence-electron chi connectivity index (χ4n) is 1.77. The summed E-state index contributed by atoms with van der Waals surface area (Å²) >= 11 is 5.97. The zero-order valence-corrected chi connectivity index (χ0v) is 11.6. The van der Waals surface area contributed by atoms with Crippen molar-refractivity contribution in [1.82, 2.24) is 4.98 Å². The number of pyridine rings is 1. The summed E-state index contributed by atoms with van der Waals surface area (Å²) in [6.45, 7) is 0. The minimum atomic E-state index is -0.469. The van der Waals surface area contributed by atoms with Crippen LogP contribution in [0.5, 0.6) is 5.75 Å². The zero-order chi connectivity index (χ0) is 14.7. The highest BCUT2D eigenvalue weighted by molar-refractivity contribution is 6.31. The number of hydrogen-bond acceptors (Lipinski definition) is 5. The third kappa shape index (κ3) is 2.80. The van der Waals surface area contributed by atoms with Gasteiger partial charge in [0.15, 0.2) is 0 Å². The molecule has 0 atom stereocenters. The Balaban J connectivity index is 2.65. The van der Waals surface area contributed by atoms with E-state index >= 15 is 0 Å². The van der Waals surface area contributed by atoms with Gasteiger partial charge in [-0.25, -0.2) is 4.98 Å². The van der Waals surface area contributed by atoms with Crippen LogP contribution >= 0.6 is 11.6 Å². The molecule has 0 aliphatic heterocycles. The van der Waals surface area contributed by atoms with Crippen LogP contribution in [0.15, 0.2) is 30.3 Å². The number of methoxy groups -OCH3 is 1. The maximum absolute atomic E-state index is 11.0. The second-order valence-electron chi connectivity index (χ2n) is 3.95. The lowest BCUT2D eigenvalue weighted by molar-refractivity contribution is -0.384. The second-order valence-corrected chi connectivity index (χ2v) is 4.38. The minimum absolute atomic E-state index is 0.0543. The van der Waals surface area contributed by atoms with Crippen molar-refractivity contribution in [2.45, 2.75) is 0 Å². The van der Waals surface area contributed by atoms with Gasteiger partial charge in [0.1, 0.15) is 11.6 Å². The van der Waals surface area contributed by atoms with Crippen LogP contribution in [-0.4, -0.2) is 24.1 Å². The van der Waals surface area contributed by atoms with Gasteiger partial charge >= 0.3 is 0 Å². The molecule has 104 valence electrons. The maximum Gasteiger partial charge on any atom is 0.275 e. The van der Waals surface area contributed by atoms with Crippen molar-refractivity contribution >= 4 is 23.1 Å². The minimum Gasteiger partial charge on any atom is -0.496 e. The fourth-order valence-corrected chi connectivity index (χ4v) is 1.94. The molecule has 0 amide bonds. The maximum atomic E-state index is 11.0. The lowest BCUT2D eigenvalue weighted by Crippen LogP contribution is -1.98. The van der Waals surface area contributed by atoms with Gasteiger partial charge in [-0.3, -0.25) is 10.1 Å². The van der Waals surface area contributed by atoms with Crippen LogP contribution in [0.1, 0.15) is 0 Å². The molecule has 0 fully saturated rings. The standard InChI is InChI=1S/C13H12ClN3O3/c1-15-13-7-9(17(18)19)6-11(16-13)10-5-8(14)3-4-12(10)20-2/h3-7H,1-2H3,(H,15,16). The van der Waals surface area contributed by atoms with Crippen molar-refractivity contribution in [2.75, 3.05) is 19.5 Å². The third-order valence-corrected chi connectivity index (χ3v) is 2.95. The molecule has 1 aromatic heterocycles. The largest absolute Gasteiger partial charge is 0.496 e. The van der Waals surface area contributed by atoms with E-state index in [9.17, 15) is 10.1 Å². The van der Waals surface area contributed by atoms with E-state index < -0.39 is 4.92 Å². The summed E-state index contributed by atoms with van der Waals surface area (Å²) in [7, 11) is 3.16. The van der Waals surface area contributed by atoms with Gasteiger partial charge in [-0.1, -0.05) is 11.6 Å². The van der Waals surface area contributed by atoms with Gasteiger partial charge in [0.25, 0.3) is 5.69 Å². The highest BCUT2D eigenvalue weighted by Crippen LogP contribution is 2.33. The fraction of sp³-hybridized carbons (Fsp3) is 0.154. The Morgan fingerprint density at radius 1 is 1.35 bits per heavy atom. The molecule has 0 bridgehead atoms. The van der Waals surface area contributed by atoms with Gasteiger partial charge in [-0.2, -0.15) is 0 Å². The van der Waals surface area contributed by atoms with Crippen LogP contribution < -0.4 is 10.1 Å². The quantitative estimate of drug-likeness (QED) is 0.691. The molecule has 2 rings (SSSR count). The number of benzene rings is 1. The first-order chi connectivity index (χ1) is 9.55. The lowest BCUT2D eigenvalue weighted by Gasteiger charge is -2.09. The van der Waals surface area contributed by atoms with Gasteiger partial charge in [0.05, 0.1) is 23.8 Å². The Hall–Kier alpha value is -2.34. The zero-order valence-electron chi connectivity index (χ0n) is 10.9. The Kier molecular flexibility index (Phi) is 4.05. The van der Waals surface area contributed by atoms with Crippen LogP contribution in [0.3, 0.4) is 0 Å². The summed E-state index contributed by atoms with van der Waals surface area (Å²) in [4.78, 5) is 14.8. The van der Waals surface area contributed by atoms with E-state index in [1.807, 2.05) is 0 Å². The number of nitrogens with zero attached hydrogens (tertiary/aromatic N) is 2. The molecule has 6 nitrogen and oxygen atoms in total. The molecule has 0 spiro atoms. The molecule has 20 heavy (non-hydrogen) atoms. The van der Waals surface area contributed by atoms with E-state index in [4.69, 9.17) is 16.3 Å². The van der Waals surface area contributed by atoms with Crippen LogP contribution in [0, 0.1) is 10.1 Å². The molecule has 1 aromatic carbocycles. The summed E-state index contributed by atoms with van der Waals surface area (Å²) in [6.07, 6.45) is 0. The van der Waals surface area contributed by atoms with Crippen LogP contribution in [-0.2, 0) is 0 Å².